The third-order valence-electron chi connectivity index (χ3n) is 5.33. The van der Waals surface area contributed by atoms with Crippen molar-refractivity contribution in [3.8, 4) is 0 Å². The van der Waals surface area contributed by atoms with Crippen molar-refractivity contribution in [2.75, 3.05) is 13.2 Å². The van der Waals surface area contributed by atoms with Gasteiger partial charge in [0.1, 0.15) is 6.04 Å². The van der Waals surface area contributed by atoms with Crippen LogP contribution in [0.5, 0.6) is 0 Å². The Bertz CT molecular complexity index is 995. The second kappa shape index (κ2) is 11.6. The van der Waals surface area contributed by atoms with Crippen LogP contribution in [0.25, 0.3) is 0 Å². The lowest BCUT2D eigenvalue weighted by Gasteiger charge is -2.37. The van der Waals surface area contributed by atoms with Crippen molar-refractivity contribution in [3.05, 3.63) is 109 Å². The van der Waals surface area contributed by atoms with Gasteiger partial charge >= 0.3 is 5.97 Å². The molecule has 0 aromatic heterocycles. The summed E-state index contributed by atoms with van der Waals surface area (Å²) in [5.41, 5.74) is 0.988. The van der Waals surface area contributed by atoms with Crippen LogP contribution in [-0.2, 0) is 20.5 Å². The Morgan fingerprint density at radius 2 is 1.44 bits per heavy atom. The van der Waals surface area contributed by atoms with E-state index in [1.54, 1.807) is 13.0 Å². The van der Waals surface area contributed by atoms with E-state index in [0.717, 1.165) is 5.56 Å². The molecule has 0 saturated carbocycles. The molecule has 0 aliphatic heterocycles. The maximum Gasteiger partial charge on any atom is 0.324 e. The summed E-state index contributed by atoms with van der Waals surface area (Å²) in [6, 6.07) is 27.9. The molecule has 1 atom stereocenters. The summed E-state index contributed by atoms with van der Waals surface area (Å²) >= 11 is 0. The maximum absolute atomic E-state index is 15.0. The molecule has 3 aromatic carbocycles. The quantitative estimate of drug-likeness (QED) is 0.237. The first-order valence-corrected chi connectivity index (χ1v) is 12.6. The van der Waals surface area contributed by atoms with Crippen LogP contribution in [0.15, 0.2) is 104 Å². The number of benzene rings is 3. The normalized spacial score (nSPS) is 12.3. The Morgan fingerprint density at radius 3 is 1.91 bits per heavy atom. The van der Waals surface area contributed by atoms with Gasteiger partial charge in [-0.05, 0) is 49.6 Å². The van der Waals surface area contributed by atoms with E-state index in [1.165, 1.54) is 0 Å². The molecular weight excluding hydrogens is 417 g/mol. The molecule has 0 fully saturated rings. The van der Waals surface area contributed by atoms with Crippen LogP contribution in [0.1, 0.15) is 18.9 Å². The first kappa shape index (κ1) is 23.7. The second-order valence-corrected chi connectivity index (χ2v) is 10.1. The highest BCUT2D eigenvalue weighted by Crippen LogP contribution is 2.49. The zero-order valence-electron chi connectivity index (χ0n) is 18.5. The van der Waals surface area contributed by atoms with Crippen LogP contribution in [0.2, 0.25) is 0 Å². The van der Waals surface area contributed by atoms with Crippen molar-refractivity contribution in [2.45, 2.75) is 25.8 Å². The molecule has 5 heteroatoms. The van der Waals surface area contributed by atoms with E-state index in [4.69, 9.17) is 4.74 Å². The van der Waals surface area contributed by atoms with Crippen molar-refractivity contribution in [1.29, 1.82) is 0 Å². The summed E-state index contributed by atoms with van der Waals surface area (Å²) in [4.78, 5) is 13.3. The molecule has 0 aliphatic rings. The number of ether oxygens (including phenoxy) is 1. The highest BCUT2D eigenvalue weighted by molar-refractivity contribution is 7.76. The molecule has 3 rings (SSSR count). The molecule has 0 bridgehead atoms. The van der Waals surface area contributed by atoms with Gasteiger partial charge in [0, 0.05) is 17.2 Å². The van der Waals surface area contributed by atoms with E-state index in [2.05, 4.69) is 6.58 Å². The zero-order valence-corrected chi connectivity index (χ0v) is 19.4. The van der Waals surface area contributed by atoms with Crippen LogP contribution >= 0.6 is 7.29 Å². The number of esters is 1. The number of hydrogen-bond donors (Lipinski definition) is 0. The van der Waals surface area contributed by atoms with Crippen molar-refractivity contribution in [2.24, 2.45) is 0 Å². The van der Waals surface area contributed by atoms with Crippen LogP contribution in [-0.4, -0.2) is 29.8 Å². The average molecular weight is 448 g/mol. The van der Waals surface area contributed by atoms with Crippen molar-refractivity contribution in [3.63, 3.8) is 0 Å². The van der Waals surface area contributed by atoms with Gasteiger partial charge < -0.3 is 4.74 Å². The Morgan fingerprint density at radius 1 is 0.938 bits per heavy atom. The Labute approximate surface area is 191 Å². The lowest BCUT2D eigenvalue weighted by atomic mass is 10.1. The molecule has 0 aliphatic carbocycles. The van der Waals surface area contributed by atoms with Gasteiger partial charge in [0.2, 0.25) is 7.29 Å². The average Bonchev–Trinajstić information content (AvgIpc) is 2.85. The van der Waals surface area contributed by atoms with Crippen molar-refractivity contribution in [1.82, 2.24) is 4.67 Å². The SMILES string of the molecule is C=CCCN([C@@H](Cc1ccccc1)C(=O)OCC)P(=O)(c1ccccc1)c1ccccc1. The predicted molar refractivity (Wildman–Crippen MR) is 132 cm³/mol. The fraction of sp³-hybridized carbons (Fsp3) is 0.222. The summed E-state index contributed by atoms with van der Waals surface area (Å²) in [6.07, 6.45) is 2.78. The molecule has 0 spiro atoms. The van der Waals surface area contributed by atoms with E-state index in [0.29, 0.717) is 30.0 Å². The van der Waals surface area contributed by atoms with E-state index < -0.39 is 13.3 Å². The molecule has 0 amide bonds. The minimum Gasteiger partial charge on any atom is -0.465 e. The third kappa shape index (κ3) is 5.45. The standard InChI is InChI=1S/C27H30NO3P/c1-3-5-21-28(26(27(29)31-4-2)22-23-15-9-6-10-16-23)32(30,24-17-11-7-12-18-24)25-19-13-8-14-20-25/h3,6-20,26H,1,4-5,21-22H2,2H3/t26-/m0/s1. The number of rotatable bonds is 11. The van der Waals surface area contributed by atoms with Gasteiger partial charge in [-0.1, -0.05) is 72.8 Å². The first-order valence-electron chi connectivity index (χ1n) is 10.9. The van der Waals surface area contributed by atoms with E-state index in [1.807, 2.05) is 95.7 Å². The molecule has 3 aromatic rings. The zero-order chi connectivity index (χ0) is 22.8. The minimum absolute atomic E-state index is 0.264. The van der Waals surface area contributed by atoms with E-state index >= 15 is 4.57 Å². The minimum atomic E-state index is -3.35. The van der Waals surface area contributed by atoms with Gasteiger partial charge in [0.25, 0.3) is 0 Å². The van der Waals surface area contributed by atoms with E-state index in [9.17, 15) is 4.79 Å². The molecule has 0 radical (unpaired) electrons. The largest absolute Gasteiger partial charge is 0.465 e. The smallest absolute Gasteiger partial charge is 0.324 e. The van der Waals surface area contributed by atoms with Crippen LogP contribution in [0, 0.1) is 0 Å². The second-order valence-electron chi connectivity index (χ2n) is 7.45. The third-order valence-corrected chi connectivity index (χ3v) is 8.53. The monoisotopic (exact) mass is 447 g/mol. The predicted octanol–water partition coefficient (Wildman–Crippen LogP) is 4.97. The highest BCUT2D eigenvalue weighted by Gasteiger charge is 2.42. The van der Waals surface area contributed by atoms with Gasteiger partial charge in [0.15, 0.2) is 0 Å². The van der Waals surface area contributed by atoms with Crippen LogP contribution < -0.4 is 10.6 Å². The number of nitrogens with zero attached hydrogens (tertiary/aromatic N) is 1. The van der Waals surface area contributed by atoms with Crippen molar-refractivity contribution >= 4 is 23.9 Å². The van der Waals surface area contributed by atoms with Gasteiger partial charge in [0.05, 0.1) is 6.61 Å². The van der Waals surface area contributed by atoms with Crippen molar-refractivity contribution < 1.29 is 14.1 Å². The molecule has 0 saturated heterocycles. The topological polar surface area (TPSA) is 46.6 Å². The fourth-order valence-corrected chi connectivity index (χ4v) is 6.82. The summed E-state index contributed by atoms with van der Waals surface area (Å²) < 4.78 is 22.4. The highest BCUT2D eigenvalue weighted by atomic mass is 31.2. The van der Waals surface area contributed by atoms with E-state index in [-0.39, 0.29) is 12.6 Å². The maximum atomic E-state index is 15.0. The number of carbonyl (C=O) groups is 1. The molecule has 4 nitrogen and oxygen atoms in total. The molecule has 166 valence electrons. The molecular formula is C27H30NO3P. The Kier molecular flexibility index (Phi) is 8.61. The number of hydrogen-bond acceptors (Lipinski definition) is 3. The summed E-state index contributed by atoms with van der Waals surface area (Å²) in [5.74, 6) is -0.368. The van der Waals surface area contributed by atoms with Gasteiger partial charge in [-0.25, -0.2) is 4.67 Å². The van der Waals surface area contributed by atoms with Gasteiger partial charge in [-0.15, -0.1) is 6.58 Å². The number of carbonyl (C=O) groups excluding carboxylic acids is 1. The Balaban J connectivity index is 2.18. The first-order chi connectivity index (χ1) is 15.6. The molecule has 0 N–H and O–H groups in total. The van der Waals surface area contributed by atoms with Crippen LogP contribution in [0.3, 0.4) is 0 Å². The summed E-state index contributed by atoms with van der Waals surface area (Å²) in [5, 5.41) is 1.38. The fourth-order valence-electron chi connectivity index (χ4n) is 3.81. The van der Waals surface area contributed by atoms with Gasteiger partial charge in [-0.3, -0.25) is 9.36 Å². The van der Waals surface area contributed by atoms with Crippen LogP contribution in [0.4, 0.5) is 0 Å². The van der Waals surface area contributed by atoms with Gasteiger partial charge in [-0.2, -0.15) is 0 Å². The lowest BCUT2D eigenvalue weighted by molar-refractivity contribution is -0.147. The summed E-state index contributed by atoms with van der Waals surface area (Å²) in [6.45, 7) is 6.33. The summed E-state index contributed by atoms with van der Waals surface area (Å²) in [7, 11) is -3.35. The molecule has 0 unspecified atom stereocenters. The Hall–Kier alpha value is -2.94. The molecule has 32 heavy (non-hydrogen) atoms. The molecule has 0 heterocycles. The lowest BCUT2D eigenvalue weighted by Crippen LogP contribution is -2.46.